The van der Waals surface area contributed by atoms with Gasteiger partial charge in [-0.15, -0.1) is 0 Å². The van der Waals surface area contributed by atoms with E-state index in [0.717, 1.165) is 23.3 Å². The maximum Gasteiger partial charge on any atom is 0.223 e. The van der Waals surface area contributed by atoms with E-state index < -0.39 is 0 Å². The van der Waals surface area contributed by atoms with Crippen molar-refractivity contribution in [2.24, 2.45) is 0 Å². The lowest BCUT2D eigenvalue weighted by Gasteiger charge is -2.45. The Morgan fingerprint density at radius 3 is 2.73 bits per heavy atom. The van der Waals surface area contributed by atoms with Crippen LogP contribution in [-0.2, 0) is 9.59 Å². The highest BCUT2D eigenvalue weighted by atomic mass is 16.5. The molecule has 2 heterocycles. The van der Waals surface area contributed by atoms with Gasteiger partial charge in [-0.25, -0.2) is 0 Å². The maximum atomic E-state index is 12.1. The first-order valence-electron chi connectivity index (χ1n) is 7.74. The van der Waals surface area contributed by atoms with Crippen molar-refractivity contribution < 1.29 is 14.3 Å². The number of hydrogen-bond acceptors (Lipinski definition) is 3. The van der Waals surface area contributed by atoms with Gasteiger partial charge in [-0.2, -0.15) is 0 Å². The van der Waals surface area contributed by atoms with Crippen LogP contribution in [-0.4, -0.2) is 47.9 Å². The van der Waals surface area contributed by atoms with Crippen LogP contribution < -0.4 is 4.74 Å². The zero-order valence-corrected chi connectivity index (χ0v) is 13.3. The Morgan fingerprint density at radius 1 is 1.32 bits per heavy atom. The Kier molecular flexibility index (Phi) is 3.81. The van der Waals surface area contributed by atoms with Crippen LogP contribution in [0.1, 0.15) is 36.9 Å². The van der Waals surface area contributed by atoms with Crippen LogP contribution in [0.4, 0.5) is 0 Å². The summed E-state index contributed by atoms with van der Waals surface area (Å²) in [6, 6.07) is 5.99. The summed E-state index contributed by atoms with van der Waals surface area (Å²) in [4.78, 5) is 28.0. The van der Waals surface area contributed by atoms with Crippen LogP contribution in [0.3, 0.4) is 0 Å². The molecule has 0 N–H and O–H groups in total. The van der Waals surface area contributed by atoms with Crippen LogP contribution in [0.25, 0.3) is 0 Å². The van der Waals surface area contributed by atoms with Crippen LogP contribution in [0.5, 0.6) is 5.75 Å². The zero-order valence-electron chi connectivity index (χ0n) is 13.3. The molecule has 0 radical (unpaired) electrons. The zero-order chi connectivity index (χ0) is 15.9. The molecule has 0 aromatic heterocycles. The molecule has 2 fully saturated rings. The van der Waals surface area contributed by atoms with Crippen molar-refractivity contribution in [1.82, 2.24) is 9.80 Å². The van der Waals surface area contributed by atoms with Gasteiger partial charge in [0.05, 0.1) is 19.2 Å². The number of fused-ring (bicyclic) bond motifs is 1. The molecule has 1 aromatic carbocycles. The number of benzene rings is 1. The first kappa shape index (κ1) is 14.9. The Labute approximate surface area is 130 Å². The van der Waals surface area contributed by atoms with Gasteiger partial charge in [-0.05, 0) is 36.6 Å². The topological polar surface area (TPSA) is 49.9 Å². The lowest BCUT2D eigenvalue weighted by Crippen LogP contribution is -2.54. The molecular formula is C17H22N2O3. The number of hydrogen-bond donors (Lipinski definition) is 0. The van der Waals surface area contributed by atoms with Gasteiger partial charge in [-0.3, -0.25) is 9.59 Å². The van der Waals surface area contributed by atoms with E-state index in [1.54, 1.807) is 14.0 Å². The SMILES string of the molecule is COc1ccc(C2C3CCC(=O)N3CCN2C(C)=O)c(C)c1. The van der Waals surface area contributed by atoms with E-state index >= 15 is 0 Å². The van der Waals surface area contributed by atoms with Gasteiger partial charge in [0.1, 0.15) is 5.75 Å². The molecule has 2 aliphatic heterocycles. The number of rotatable bonds is 2. The van der Waals surface area contributed by atoms with E-state index in [1.165, 1.54) is 0 Å². The molecular weight excluding hydrogens is 280 g/mol. The van der Waals surface area contributed by atoms with Gasteiger partial charge >= 0.3 is 0 Å². The highest BCUT2D eigenvalue weighted by Gasteiger charge is 2.44. The summed E-state index contributed by atoms with van der Waals surface area (Å²) >= 11 is 0. The summed E-state index contributed by atoms with van der Waals surface area (Å²) in [5.41, 5.74) is 2.21. The summed E-state index contributed by atoms with van der Waals surface area (Å²) in [6.45, 7) is 4.90. The van der Waals surface area contributed by atoms with Crippen molar-refractivity contribution in [3.63, 3.8) is 0 Å². The molecule has 2 aliphatic rings. The van der Waals surface area contributed by atoms with E-state index in [0.29, 0.717) is 19.5 Å². The second kappa shape index (κ2) is 5.63. The standard InChI is InChI=1S/C17H22N2O3/c1-11-10-13(22-3)4-5-14(11)17-15-6-7-16(21)19(15)9-8-18(17)12(2)20/h4-5,10,15,17H,6-9H2,1-3H3. The largest absolute Gasteiger partial charge is 0.497 e. The normalized spacial score (nSPS) is 24.4. The van der Waals surface area contributed by atoms with Gasteiger partial charge in [0.15, 0.2) is 0 Å². The van der Waals surface area contributed by atoms with E-state index in [1.807, 2.05) is 34.9 Å². The molecule has 1 aromatic rings. The summed E-state index contributed by atoms with van der Waals surface area (Å²) < 4.78 is 5.27. The monoisotopic (exact) mass is 302 g/mol. The summed E-state index contributed by atoms with van der Waals surface area (Å²) in [5.74, 6) is 1.09. The number of ether oxygens (including phenoxy) is 1. The van der Waals surface area contributed by atoms with Crippen molar-refractivity contribution in [2.45, 2.75) is 38.8 Å². The van der Waals surface area contributed by atoms with Crippen molar-refractivity contribution in [1.29, 1.82) is 0 Å². The molecule has 0 spiro atoms. The lowest BCUT2D eigenvalue weighted by molar-refractivity contribution is -0.142. The second-order valence-electron chi connectivity index (χ2n) is 6.07. The average Bonchev–Trinajstić information content (AvgIpc) is 2.88. The van der Waals surface area contributed by atoms with Crippen LogP contribution in [0.2, 0.25) is 0 Å². The molecule has 0 saturated carbocycles. The minimum Gasteiger partial charge on any atom is -0.497 e. The highest BCUT2D eigenvalue weighted by molar-refractivity contribution is 5.80. The van der Waals surface area contributed by atoms with Crippen molar-refractivity contribution in [3.05, 3.63) is 29.3 Å². The third-order valence-corrected chi connectivity index (χ3v) is 4.86. The Bertz CT molecular complexity index is 614. The number of amides is 2. The number of piperazine rings is 1. The Hall–Kier alpha value is -2.04. The first-order valence-corrected chi connectivity index (χ1v) is 7.74. The second-order valence-corrected chi connectivity index (χ2v) is 6.07. The van der Waals surface area contributed by atoms with Crippen molar-refractivity contribution >= 4 is 11.8 Å². The molecule has 0 bridgehead atoms. The molecule has 0 aliphatic carbocycles. The fraction of sp³-hybridized carbons (Fsp3) is 0.529. The van der Waals surface area contributed by atoms with E-state index in [2.05, 4.69) is 0 Å². The molecule has 3 rings (SSSR count). The Balaban J connectivity index is 2.02. The molecule has 5 heteroatoms. The molecule has 5 nitrogen and oxygen atoms in total. The van der Waals surface area contributed by atoms with Crippen LogP contribution >= 0.6 is 0 Å². The fourth-order valence-electron chi connectivity index (χ4n) is 3.77. The number of methoxy groups -OCH3 is 1. The van der Waals surface area contributed by atoms with Gasteiger partial charge < -0.3 is 14.5 Å². The molecule has 2 unspecified atom stereocenters. The molecule has 118 valence electrons. The molecule has 2 amide bonds. The van der Waals surface area contributed by atoms with Crippen molar-refractivity contribution in [3.8, 4) is 5.75 Å². The van der Waals surface area contributed by atoms with Gasteiger partial charge in [0.2, 0.25) is 11.8 Å². The lowest BCUT2D eigenvalue weighted by atomic mass is 9.90. The minimum atomic E-state index is -0.0522. The van der Waals surface area contributed by atoms with E-state index in [4.69, 9.17) is 4.74 Å². The third-order valence-electron chi connectivity index (χ3n) is 4.86. The summed E-state index contributed by atoms with van der Waals surface area (Å²) in [6.07, 6.45) is 1.40. The molecule has 2 saturated heterocycles. The van der Waals surface area contributed by atoms with Gasteiger partial charge in [0, 0.05) is 26.4 Å². The number of aryl methyl sites for hydroxylation is 1. The first-order chi connectivity index (χ1) is 10.5. The van der Waals surface area contributed by atoms with Gasteiger partial charge in [0.25, 0.3) is 0 Å². The summed E-state index contributed by atoms with van der Waals surface area (Å²) in [7, 11) is 1.65. The smallest absolute Gasteiger partial charge is 0.223 e. The third kappa shape index (κ3) is 2.34. The highest BCUT2D eigenvalue weighted by Crippen LogP contribution is 2.39. The van der Waals surface area contributed by atoms with E-state index in [-0.39, 0.29) is 23.9 Å². The fourth-order valence-corrected chi connectivity index (χ4v) is 3.77. The van der Waals surface area contributed by atoms with Crippen molar-refractivity contribution in [2.75, 3.05) is 20.2 Å². The number of carbonyl (C=O) groups excluding carboxylic acids is 2. The van der Waals surface area contributed by atoms with E-state index in [9.17, 15) is 9.59 Å². The maximum absolute atomic E-state index is 12.1. The van der Waals surface area contributed by atoms with Crippen LogP contribution in [0, 0.1) is 6.92 Å². The number of carbonyl (C=O) groups is 2. The van der Waals surface area contributed by atoms with Crippen LogP contribution in [0.15, 0.2) is 18.2 Å². The predicted molar refractivity (Wildman–Crippen MR) is 82.6 cm³/mol. The van der Waals surface area contributed by atoms with Gasteiger partial charge in [-0.1, -0.05) is 6.07 Å². The molecule has 2 atom stereocenters. The minimum absolute atomic E-state index is 0.0522. The summed E-state index contributed by atoms with van der Waals surface area (Å²) in [5, 5.41) is 0. The molecule has 22 heavy (non-hydrogen) atoms. The number of nitrogens with zero attached hydrogens (tertiary/aromatic N) is 2. The average molecular weight is 302 g/mol. The Morgan fingerprint density at radius 2 is 2.09 bits per heavy atom. The predicted octanol–water partition coefficient (Wildman–Crippen LogP) is 1.90. The quantitative estimate of drug-likeness (QED) is 0.838.